The number of para-hydroxylation sites is 1. The van der Waals surface area contributed by atoms with Crippen LogP contribution in [0, 0.1) is 5.82 Å². The number of halogens is 1. The molecular formula is C23H24FN7O4. The van der Waals surface area contributed by atoms with E-state index in [0.717, 1.165) is 6.07 Å². The number of H-pyrrole nitrogens is 1. The minimum absolute atomic E-state index is 0.0577. The maximum absolute atomic E-state index is 14.6. The third-order valence-electron chi connectivity index (χ3n) is 5.84. The fourth-order valence-electron chi connectivity index (χ4n) is 4.03. The number of fused-ring (bicyclic) bond motifs is 1. The van der Waals surface area contributed by atoms with Crippen LogP contribution in [0.3, 0.4) is 0 Å². The third kappa shape index (κ3) is 4.38. The lowest BCUT2D eigenvalue weighted by atomic mass is 10.0. The van der Waals surface area contributed by atoms with Gasteiger partial charge in [-0.15, -0.1) is 5.10 Å². The molecule has 2 aromatic carbocycles. The Balaban J connectivity index is 1.49. The van der Waals surface area contributed by atoms with Crippen molar-refractivity contribution in [3.05, 3.63) is 65.6 Å². The molecular weight excluding hydrogens is 457 g/mol. The van der Waals surface area contributed by atoms with Gasteiger partial charge in [0, 0.05) is 37.8 Å². The second-order valence-corrected chi connectivity index (χ2v) is 7.78. The fraction of sp³-hybridized carbons (Fsp3) is 0.217. The number of aromatic amines is 1. The Labute approximate surface area is 199 Å². The smallest absolute Gasteiger partial charge is 0.339 e. The Kier molecular flexibility index (Phi) is 6.64. The summed E-state index contributed by atoms with van der Waals surface area (Å²) in [4.78, 5) is 43.9. The van der Waals surface area contributed by atoms with Gasteiger partial charge in [-0.3, -0.25) is 9.59 Å². The standard InChI is InChI=1S/C23H24FN7O4/c1-35-22(34)15-7-8-17(24)18-16(13-27-19(15)18)20(32)21(33)29-9-11-30(12-10-29)23(28-25)31(26)14-5-3-2-4-6-14/h2-8,13,27H,9-12,25-26H2,1H3/b28-23-. The van der Waals surface area contributed by atoms with E-state index >= 15 is 0 Å². The summed E-state index contributed by atoms with van der Waals surface area (Å²) in [5, 5.41) is 5.00. The van der Waals surface area contributed by atoms with Crippen molar-refractivity contribution in [2.24, 2.45) is 16.8 Å². The number of guanidine groups is 1. The average Bonchev–Trinajstić information content (AvgIpc) is 3.35. The molecule has 182 valence electrons. The van der Waals surface area contributed by atoms with Crippen LogP contribution in [0.25, 0.3) is 10.9 Å². The van der Waals surface area contributed by atoms with Crippen molar-refractivity contribution >= 4 is 40.2 Å². The monoisotopic (exact) mass is 481 g/mol. The van der Waals surface area contributed by atoms with Crippen molar-refractivity contribution in [1.82, 2.24) is 14.8 Å². The quantitative estimate of drug-likeness (QED) is 0.0951. The van der Waals surface area contributed by atoms with Crippen molar-refractivity contribution in [2.45, 2.75) is 0 Å². The Hall–Kier alpha value is -4.45. The third-order valence-corrected chi connectivity index (χ3v) is 5.84. The van der Waals surface area contributed by atoms with E-state index < -0.39 is 23.5 Å². The number of amides is 1. The number of nitrogens with one attached hydrogen (secondary N) is 1. The number of esters is 1. The Morgan fingerprint density at radius 3 is 2.31 bits per heavy atom. The van der Waals surface area contributed by atoms with Gasteiger partial charge in [0.2, 0.25) is 5.96 Å². The molecule has 5 N–H and O–H groups in total. The number of nitrogens with two attached hydrogens (primary N) is 2. The normalized spacial score (nSPS) is 14.2. The molecule has 0 spiro atoms. The molecule has 1 fully saturated rings. The van der Waals surface area contributed by atoms with Gasteiger partial charge in [-0.25, -0.2) is 20.0 Å². The Bertz CT molecular complexity index is 1300. The number of hydrazone groups is 1. The van der Waals surface area contributed by atoms with Crippen molar-refractivity contribution < 1.29 is 23.5 Å². The lowest BCUT2D eigenvalue weighted by Crippen LogP contribution is -2.57. The van der Waals surface area contributed by atoms with Crippen LogP contribution in [-0.4, -0.2) is 71.7 Å². The van der Waals surface area contributed by atoms with E-state index in [1.807, 2.05) is 18.2 Å². The summed E-state index contributed by atoms with van der Waals surface area (Å²) < 4.78 is 19.3. The Morgan fingerprint density at radius 1 is 1.03 bits per heavy atom. The molecule has 12 heteroatoms. The van der Waals surface area contributed by atoms with E-state index in [1.54, 1.807) is 17.0 Å². The molecule has 2 heterocycles. The molecule has 0 bridgehead atoms. The number of methoxy groups -OCH3 is 1. The maximum Gasteiger partial charge on any atom is 0.339 e. The minimum atomic E-state index is -0.886. The zero-order valence-corrected chi connectivity index (χ0v) is 18.9. The van der Waals surface area contributed by atoms with Crippen molar-refractivity contribution in [3.8, 4) is 0 Å². The second kappa shape index (κ2) is 9.81. The topological polar surface area (TPSA) is 150 Å². The van der Waals surface area contributed by atoms with Crippen LogP contribution in [-0.2, 0) is 9.53 Å². The summed E-state index contributed by atoms with van der Waals surface area (Å²) in [5.41, 5.74) is 0.670. The van der Waals surface area contributed by atoms with E-state index in [4.69, 9.17) is 16.4 Å². The molecule has 0 radical (unpaired) electrons. The highest BCUT2D eigenvalue weighted by Crippen LogP contribution is 2.26. The van der Waals surface area contributed by atoms with Crippen LogP contribution in [0.2, 0.25) is 0 Å². The number of hydrazine groups is 1. The van der Waals surface area contributed by atoms with Gasteiger partial charge in [0.1, 0.15) is 5.82 Å². The van der Waals surface area contributed by atoms with Crippen LogP contribution >= 0.6 is 0 Å². The number of carbonyl (C=O) groups excluding carboxylic acids is 3. The molecule has 11 nitrogen and oxygen atoms in total. The number of aromatic nitrogens is 1. The van der Waals surface area contributed by atoms with Gasteiger partial charge in [0.25, 0.3) is 11.7 Å². The summed E-state index contributed by atoms with van der Waals surface area (Å²) in [5.74, 6) is 8.96. The molecule has 4 rings (SSSR count). The summed E-state index contributed by atoms with van der Waals surface area (Å²) in [7, 11) is 1.19. The maximum atomic E-state index is 14.6. The van der Waals surface area contributed by atoms with Crippen LogP contribution in [0.4, 0.5) is 10.1 Å². The number of hydrogen-bond donors (Lipinski definition) is 3. The molecule has 1 aromatic heterocycles. The van der Waals surface area contributed by atoms with Crippen molar-refractivity contribution in [2.75, 3.05) is 38.3 Å². The van der Waals surface area contributed by atoms with Crippen LogP contribution in [0.15, 0.2) is 53.8 Å². The van der Waals surface area contributed by atoms with Gasteiger partial charge in [-0.1, -0.05) is 18.2 Å². The van der Waals surface area contributed by atoms with E-state index in [0.29, 0.717) is 24.7 Å². The number of Topliss-reactive ketones (excluding diaryl/α,β-unsaturated/α-hetero) is 1. The van der Waals surface area contributed by atoms with Gasteiger partial charge in [-0.05, 0) is 24.3 Å². The molecule has 0 atom stereocenters. The lowest BCUT2D eigenvalue weighted by Gasteiger charge is -2.38. The predicted octanol–water partition coefficient (Wildman–Crippen LogP) is 1.03. The van der Waals surface area contributed by atoms with Crippen molar-refractivity contribution in [1.29, 1.82) is 0 Å². The highest BCUT2D eigenvalue weighted by Gasteiger charge is 2.31. The number of anilines is 1. The molecule has 0 aliphatic carbocycles. The largest absolute Gasteiger partial charge is 0.465 e. The van der Waals surface area contributed by atoms with E-state index in [-0.39, 0.29) is 35.1 Å². The number of nitrogens with zero attached hydrogens (tertiary/aromatic N) is 4. The molecule has 0 saturated carbocycles. The zero-order valence-electron chi connectivity index (χ0n) is 18.9. The number of benzene rings is 2. The highest BCUT2D eigenvalue weighted by atomic mass is 19.1. The van der Waals surface area contributed by atoms with Gasteiger partial charge < -0.3 is 25.4 Å². The number of ketones is 1. The first kappa shape index (κ1) is 23.7. The van der Waals surface area contributed by atoms with Gasteiger partial charge in [0.05, 0.1) is 29.4 Å². The highest BCUT2D eigenvalue weighted by molar-refractivity contribution is 6.45. The average molecular weight is 481 g/mol. The van der Waals surface area contributed by atoms with Crippen LogP contribution in [0.5, 0.6) is 0 Å². The molecule has 0 unspecified atom stereocenters. The van der Waals surface area contributed by atoms with E-state index in [2.05, 4.69) is 10.1 Å². The summed E-state index contributed by atoms with van der Waals surface area (Å²) in [6, 6.07) is 11.4. The fourth-order valence-corrected chi connectivity index (χ4v) is 4.03. The van der Waals surface area contributed by atoms with E-state index in [9.17, 15) is 18.8 Å². The van der Waals surface area contributed by atoms with Crippen LogP contribution in [0.1, 0.15) is 20.7 Å². The molecule has 1 aliphatic rings. The second-order valence-electron chi connectivity index (χ2n) is 7.78. The zero-order chi connectivity index (χ0) is 25.1. The Morgan fingerprint density at radius 2 is 1.69 bits per heavy atom. The molecule has 35 heavy (non-hydrogen) atoms. The number of piperazine rings is 1. The first-order valence-electron chi connectivity index (χ1n) is 10.7. The minimum Gasteiger partial charge on any atom is -0.465 e. The predicted molar refractivity (Wildman–Crippen MR) is 127 cm³/mol. The van der Waals surface area contributed by atoms with Gasteiger partial charge >= 0.3 is 5.97 Å². The number of hydrogen-bond acceptors (Lipinski definition) is 7. The number of ether oxygens (including phenoxy) is 1. The summed E-state index contributed by atoms with van der Waals surface area (Å²) in [6.07, 6.45) is 1.22. The molecule has 1 saturated heterocycles. The van der Waals surface area contributed by atoms with Gasteiger partial charge in [0.15, 0.2) is 0 Å². The SMILES string of the molecule is COC(=O)c1ccc(F)c2c(C(=O)C(=O)N3CCN(/C(=N/N)N(N)c4ccccc4)CC3)c[nH]c12. The van der Waals surface area contributed by atoms with Crippen LogP contribution < -0.4 is 16.7 Å². The first-order chi connectivity index (χ1) is 16.9. The number of carbonyl (C=O) groups is 3. The summed E-state index contributed by atoms with van der Waals surface area (Å²) in [6.45, 7) is 1.05. The van der Waals surface area contributed by atoms with E-state index in [1.165, 1.54) is 29.3 Å². The number of rotatable bonds is 4. The summed E-state index contributed by atoms with van der Waals surface area (Å²) >= 11 is 0. The van der Waals surface area contributed by atoms with Gasteiger partial charge in [-0.2, -0.15) is 0 Å². The first-order valence-corrected chi connectivity index (χ1v) is 10.7. The molecule has 1 aliphatic heterocycles. The molecule has 1 amide bonds. The molecule has 3 aromatic rings. The lowest BCUT2D eigenvalue weighted by molar-refractivity contribution is -0.127. The van der Waals surface area contributed by atoms with Crippen molar-refractivity contribution in [3.63, 3.8) is 0 Å².